The number of likely N-dealkylation sites (N-methyl/N-ethyl adjacent to an activating group) is 1. The van der Waals surface area contributed by atoms with Gasteiger partial charge in [-0.15, -0.1) is 0 Å². The van der Waals surface area contributed by atoms with Gasteiger partial charge in [-0.05, 0) is 110 Å². The van der Waals surface area contributed by atoms with Gasteiger partial charge in [-0.2, -0.15) is 5.10 Å². The molecule has 1 spiro atoms. The summed E-state index contributed by atoms with van der Waals surface area (Å²) in [4.78, 5) is 48.6. The molecule has 3 N–H and O–H groups in total. The number of methoxy groups -OCH3 is 2. The van der Waals surface area contributed by atoms with Crippen LogP contribution in [0.3, 0.4) is 0 Å². The Balaban J connectivity index is 0.899. The first kappa shape index (κ1) is 53.3. The van der Waals surface area contributed by atoms with E-state index in [0.29, 0.717) is 62.9 Å². The number of aromatic hydroxyl groups is 1. The third-order valence-electron chi connectivity index (χ3n) is 15.0. The van der Waals surface area contributed by atoms with Crippen LogP contribution in [-0.2, 0) is 47.6 Å². The maximum atomic E-state index is 14.0. The van der Waals surface area contributed by atoms with Crippen molar-refractivity contribution in [1.29, 1.82) is 0 Å². The van der Waals surface area contributed by atoms with E-state index >= 15 is 0 Å². The van der Waals surface area contributed by atoms with Crippen molar-refractivity contribution >= 4 is 31.0 Å². The zero-order chi connectivity index (χ0) is 50.1. The quantitative estimate of drug-likeness (QED) is 0.0402. The number of nitrogens with zero attached hydrogens (tertiary/aromatic N) is 5. The number of carbonyl (C=O) groups excluding carboxylic acids is 2. The van der Waals surface area contributed by atoms with Crippen molar-refractivity contribution in [3.8, 4) is 5.75 Å². The zero-order valence-corrected chi connectivity index (χ0v) is 44.0. The number of benzene rings is 2. The van der Waals surface area contributed by atoms with Crippen molar-refractivity contribution in [2.75, 3.05) is 93.4 Å². The Morgan fingerprint density at radius 2 is 1.77 bits per heavy atom. The molecule has 2 aromatic heterocycles. The van der Waals surface area contributed by atoms with E-state index < -0.39 is 20.5 Å². The summed E-state index contributed by atoms with van der Waals surface area (Å²) in [7, 11) is 2.60. The van der Waals surface area contributed by atoms with E-state index in [9.17, 15) is 19.5 Å². The van der Waals surface area contributed by atoms with Gasteiger partial charge >= 0.3 is 0 Å². The lowest BCUT2D eigenvalue weighted by atomic mass is 9.89. The van der Waals surface area contributed by atoms with Crippen molar-refractivity contribution in [2.45, 2.75) is 108 Å². The van der Waals surface area contributed by atoms with E-state index in [2.05, 4.69) is 78.4 Å². The fourth-order valence-corrected chi connectivity index (χ4v) is 10.7. The fraction of sp³-hybridized carbons (Fsp3) is 0.623. The number of likely N-dealkylation sites (tertiary alicyclic amines) is 1. The van der Waals surface area contributed by atoms with Crippen LogP contribution in [0, 0.1) is 11.8 Å². The number of amides is 2. The number of aromatic nitrogens is 3. The molecule has 2 amide bonds. The number of ether oxygens (including phenoxy) is 4. The molecule has 2 aliphatic heterocycles. The minimum absolute atomic E-state index is 0.00273. The fourth-order valence-electron chi connectivity index (χ4n) is 9.40. The monoisotopic (exact) mass is 986 g/mol. The van der Waals surface area contributed by atoms with Gasteiger partial charge < -0.3 is 53.5 Å². The van der Waals surface area contributed by atoms with Crippen molar-refractivity contribution in [2.24, 2.45) is 11.8 Å². The minimum atomic E-state index is -2.29. The Bertz CT molecular complexity index is 2400. The summed E-state index contributed by atoms with van der Waals surface area (Å²) in [6, 6.07) is 17.2. The van der Waals surface area contributed by atoms with Crippen LogP contribution >= 0.6 is 0 Å². The summed E-state index contributed by atoms with van der Waals surface area (Å²) >= 11 is 0. The second-order valence-corrected chi connectivity index (χ2v) is 26.1. The number of aromatic amines is 1. The van der Waals surface area contributed by atoms with Gasteiger partial charge in [0.1, 0.15) is 11.4 Å². The van der Waals surface area contributed by atoms with Crippen LogP contribution < -0.4 is 10.9 Å². The number of rotatable bonds is 24. The molecule has 2 saturated heterocycles. The Morgan fingerprint density at radius 3 is 2.49 bits per heavy atom. The van der Waals surface area contributed by atoms with Crippen LogP contribution in [0.25, 0.3) is 10.9 Å². The second-order valence-electron chi connectivity index (χ2n) is 21.3. The molecule has 3 fully saturated rings. The summed E-state index contributed by atoms with van der Waals surface area (Å²) in [5.74, 6) is 0.237. The minimum Gasteiger partial charge on any atom is -0.506 e. The molecule has 1 aliphatic carbocycles. The van der Waals surface area contributed by atoms with Gasteiger partial charge in [0.2, 0.25) is 11.5 Å². The van der Waals surface area contributed by atoms with Crippen LogP contribution in [0.5, 0.6) is 5.75 Å². The van der Waals surface area contributed by atoms with Gasteiger partial charge in [0.05, 0.1) is 56.0 Å². The molecular weight excluding hydrogens is 907 g/mol. The number of piperidine rings is 1. The van der Waals surface area contributed by atoms with Gasteiger partial charge in [0.25, 0.3) is 5.91 Å². The number of hydrogen-bond acceptors (Lipinski definition) is 12. The topological polar surface area (TPSA) is 173 Å². The van der Waals surface area contributed by atoms with Gasteiger partial charge in [-0.25, -0.2) is 0 Å². The summed E-state index contributed by atoms with van der Waals surface area (Å²) in [6.45, 7) is 18.5. The molecule has 1 unspecified atom stereocenters. The van der Waals surface area contributed by atoms with E-state index in [0.717, 1.165) is 62.8 Å². The highest BCUT2D eigenvalue weighted by Crippen LogP contribution is 2.41. The SMILES string of the molecule is COC(CN(C)C(=O)C(CCNC[C@H](O[Si](C)(C)C(C)(C)C)c1ccc(O)c2[nH]c(=O)ccc12)COCCc1cccc(CCN2CCC3(CC2)CN(C(=O)c2ccn(CC4CC4)n2)CCO3)c1)OC. The molecule has 2 aromatic carbocycles. The van der Waals surface area contributed by atoms with Crippen molar-refractivity contribution in [1.82, 2.24) is 34.8 Å². The number of morpholine rings is 1. The first-order chi connectivity index (χ1) is 33.5. The number of phenols is 1. The lowest BCUT2D eigenvalue weighted by Crippen LogP contribution is -2.58. The lowest BCUT2D eigenvalue weighted by Gasteiger charge is -2.47. The largest absolute Gasteiger partial charge is 0.506 e. The van der Waals surface area contributed by atoms with E-state index in [1.54, 1.807) is 38.3 Å². The van der Waals surface area contributed by atoms with E-state index in [4.69, 9.17) is 23.4 Å². The first-order valence-corrected chi connectivity index (χ1v) is 28.3. The van der Waals surface area contributed by atoms with Gasteiger partial charge in [0.15, 0.2) is 14.6 Å². The molecule has 2 atom stereocenters. The van der Waals surface area contributed by atoms with Crippen molar-refractivity contribution in [3.05, 3.63) is 93.5 Å². The van der Waals surface area contributed by atoms with Gasteiger partial charge in [-0.1, -0.05) is 51.1 Å². The normalized spacial score (nSPS) is 17.6. The molecule has 4 aromatic rings. The Hall–Kier alpha value is -4.46. The van der Waals surface area contributed by atoms with E-state index in [1.165, 1.54) is 30.0 Å². The molecule has 17 heteroatoms. The second kappa shape index (κ2) is 23.8. The summed E-state index contributed by atoms with van der Waals surface area (Å²) in [6.07, 6.45) is 7.47. The Kier molecular flexibility index (Phi) is 18.2. The van der Waals surface area contributed by atoms with E-state index in [-0.39, 0.29) is 53.0 Å². The van der Waals surface area contributed by atoms with Gasteiger partial charge in [-0.3, -0.25) is 19.1 Å². The third-order valence-corrected chi connectivity index (χ3v) is 19.5. The Labute approximate surface area is 415 Å². The highest BCUT2D eigenvalue weighted by molar-refractivity contribution is 6.74. The van der Waals surface area contributed by atoms with Crippen LogP contribution in [0.4, 0.5) is 0 Å². The molecule has 0 radical (unpaired) electrons. The zero-order valence-electron chi connectivity index (χ0n) is 43.0. The average Bonchev–Trinajstić information content (AvgIpc) is 4.04. The number of fused-ring (bicyclic) bond motifs is 1. The van der Waals surface area contributed by atoms with Crippen molar-refractivity contribution < 1.29 is 38.1 Å². The number of H-pyrrole nitrogens is 1. The molecular formula is C53H79N7O9Si. The van der Waals surface area contributed by atoms with Crippen LogP contribution in [0.1, 0.15) is 86.2 Å². The van der Waals surface area contributed by atoms with Crippen LogP contribution in [0.15, 0.2) is 65.6 Å². The lowest BCUT2D eigenvalue weighted by molar-refractivity contribution is -0.148. The number of phenolic OH excluding ortho intramolecular Hbond substituents is 1. The summed E-state index contributed by atoms with van der Waals surface area (Å²) in [5.41, 5.74) is 3.66. The third kappa shape index (κ3) is 14.1. The highest BCUT2D eigenvalue weighted by Gasteiger charge is 2.42. The maximum Gasteiger partial charge on any atom is 0.274 e. The smallest absolute Gasteiger partial charge is 0.274 e. The first-order valence-electron chi connectivity index (χ1n) is 25.3. The molecule has 384 valence electrons. The Morgan fingerprint density at radius 1 is 1.03 bits per heavy atom. The highest BCUT2D eigenvalue weighted by atomic mass is 28.4. The maximum absolute atomic E-state index is 14.0. The standard InChI is InChI=1S/C53H79N7O9Si/c1-52(2,3)70(7,8)69-46(42-14-16-45(61)49-43(42)15-17-47(62)55-49)33-54-24-18-41(50(63)57(4)35-48(65-5)66-6)36-67-30-21-39-11-9-10-38(32-39)19-25-58-27-22-53(23-28-58)37-59(29-31-68-53)51(64)44-20-26-60(56-44)34-40-12-13-40/h9-11,14-17,20,26,32,40-41,46,48,54,61H,12-13,18-19,21-25,27-31,33-37H2,1-8H3,(H,55,62)/t41?,46-/m0/s1. The summed E-state index contributed by atoms with van der Waals surface area (Å²) < 4.78 is 32.5. The predicted molar refractivity (Wildman–Crippen MR) is 274 cm³/mol. The number of carbonyl (C=O) groups is 2. The molecule has 4 heterocycles. The molecule has 7 rings (SSSR count). The molecule has 3 aliphatic rings. The predicted octanol–water partition coefficient (Wildman–Crippen LogP) is 6.39. The van der Waals surface area contributed by atoms with Gasteiger partial charge in [0, 0.05) is 78.2 Å². The van der Waals surface area contributed by atoms with Crippen molar-refractivity contribution in [3.63, 3.8) is 0 Å². The van der Waals surface area contributed by atoms with Crippen LogP contribution in [0.2, 0.25) is 18.1 Å². The van der Waals surface area contributed by atoms with E-state index in [1.807, 2.05) is 27.9 Å². The molecule has 16 nitrogen and oxygen atoms in total. The number of nitrogens with one attached hydrogen (secondary N) is 2. The number of pyridine rings is 1. The summed E-state index contributed by atoms with van der Waals surface area (Å²) in [5, 5.41) is 19.5. The molecule has 70 heavy (non-hydrogen) atoms. The van der Waals surface area contributed by atoms with Crippen LogP contribution in [-0.4, -0.2) is 160 Å². The molecule has 1 saturated carbocycles. The number of hydrogen-bond donors (Lipinski definition) is 3. The molecule has 0 bridgehead atoms. The average molecular weight is 986 g/mol.